The lowest BCUT2D eigenvalue weighted by atomic mass is 9.55. The van der Waals surface area contributed by atoms with Gasteiger partial charge in [-0.3, -0.25) is 20.2 Å². The average Bonchev–Trinajstić information content (AvgIpc) is 4.04. The molecule has 18 nitrogen and oxygen atoms in total. The maximum Gasteiger partial charge on any atom is 0.417 e. The van der Waals surface area contributed by atoms with Crippen LogP contribution in [0.25, 0.3) is 6.08 Å². The Morgan fingerprint density at radius 3 is 2.37 bits per heavy atom. The number of unbranched alkanes of at least 4 members (excludes halogenated alkanes) is 2. The largest absolute Gasteiger partial charge is 0.497 e. The van der Waals surface area contributed by atoms with Crippen LogP contribution >= 0.6 is 0 Å². The minimum atomic E-state index is -1.65. The molecule has 2 heterocycles. The van der Waals surface area contributed by atoms with Crippen LogP contribution in [0.2, 0.25) is 0 Å². The van der Waals surface area contributed by atoms with Gasteiger partial charge in [-0.15, -0.1) is 6.58 Å². The number of hydrogen-bond acceptors (Lipinski definition) is 15. The second-order valence-electron chi connectivity index (χ2n) is 19.4. The number of benzene rings is 5. The number of anilines is 1. The van der Waals surface area contributed by atoms with Crippen molar-refractivity contribution in [3.63, 3.8) is 0 Å². The highest BCUT2D eigenvalue weighted by Crippen LogP contribution is 2.62. The van der Waals surface area contributed by atoms with E-state index >= 15 is 4.79 Å². The number of oxime groups is 1. The molecule has 0 saturated heterocycles. The lowest BCUT2D eigenvalue weighted by molar-refractivity contribution is -0.384. The standard InChI is InChI=1S/C60H64N4O14/c1-4-30-75-60-55(63(36-41-18-25-52-54(31-41)74-38-73-52)56(67)27-19-39-16-20-43(21-17-39)64(69)70)35-50(62-76-37-40-12-6-5-7-13-40)47-32-42(14-8-10-28-65)46(15-9-11-29-66)57(58(47)60)48-33-45(23-26-51(48)78-60)77-59(68)61-49-24-22-44(71-2)34-53(49)72-3/h4-7,12-13,16-27,31-34,42,46,55,57-58,65-66H,1,8-11,14-15,28-30,35-38H2,2-3H3,(H,61,68). The second kappa shape index (κ2) is 25.3. The van der Waals surface area contributed by atoms with E-state index in [2.05, 4.69) is 18.0 Å². The first-order chi connectivity index (χ1) is 38.1. The Morgan fingerprint density at radius 2 is 1.63 bits per heavy atom. The molecule has 6 unspecified atom stereocenters. The third-order valence-electron chi connectivity index (χ3n) is 14.7. The normalized spacial score (nSPS) is 21.1. The number of nitro benzene ring substituents is 1. The van der Waals surface area contributed by atoms with E-state index in [-0.39, 0.29) is 69.5 Å². The number of aliphatic hydroxyl groups is 2. The van der Waals surface area contributed by atoms with Gasteiger partial charge in [-0.25, -0.2) is 4.79 Å². The molecule has 0 radical (unpaired) electrons. The van der Waals surface area contributed by atoms with Gasteiger partial charge in [0.2, 0.25) is 18.5 Å². The number of aliphatic hydroxyl groups excluding tert-OH is 2. The molecule has 6 atom stereocenters. The second-order valence-corrected chi connectivity index (χ2v) is 19.4. The summed E-state index contributed by atoms with van der Waals surface area (Å²) in [5.41, 5.74) is 4.55. The number of rotatable bonds is 24. The van der Waals surface area contributed by atoms with Crippen LogP contribution < -0.4 is 33.7 Å². The third kappa shape index (κ3) is 12.2. The average molecular weight is 1070 g/mol. The van der Waals surface area contributed by atoms with Crippen molar-refractivity contribution in [1.82, 2.24) is 4.90 Å². The van der Waals surface area contributed by atoms with Crippen molar-refractivity contribution in [2.24, 2.45) is 22.9 Å². The highest BCUT2D eigenvalue weighted by molar-refractivity contribution is 6.03. The van der Waals surface area contributed by atoms with Gasteiger partial charge in [0.05, 0.1) is 43.1 Å². The fourth-order valence-electron chi connectivity index (χ4n) is 11.2. The van der Waals surface area contributed by atoms with Crippen LogP contribution in [0.1, 0.15) is 73.1 Å². The maximum absolute atomic E-state index is 15.5. The molecule has 0 aromatic heterocycles. The van der Waals surface area contributed by atoms with Crippen molar-refractivity contribution in [1.29, 1.82) is 0 Å². The van der Waals surface area contributed by atoms with Gasteiger partial charge in [-0.05, 0) is 120 Å². The van der Waals surface area contributed by atoms with Crippen LogP contribution in [0.3, 0.4) is 0 Å². The van der Waals surface area contributed by atoms with Gasteiger partial charge in [-0.2, -0.15) is 0 Å². The van der Waals surface area contributed by atoms with E-state index in [9.17, 15) is 25.1 Å². The predicted molar refractivity (Wildman–Crippen MR) is 291 cm³/mol. The monoisotopic (exact) mass is 1060 g/mol. The lowest BCUT2D eigenvalue weighted by Gasteiger charge is -2.60. The number of non-ortho nitro benzene ring substituents is 1. The molecule has 18 heteroatoms. The Labute approximate surface area is 452 Å². The summed E-state index contributed by atoms with van der Waals surface area (Å²) in [5.74, 6) is -0.803. The molecule has 9 rings (SSSR count). The van der Waals surface area contributed by atoms with Crippen molar-refractivity contribution < 1.29 is 62.7 Å². The molecule has 2 aliphatic carbocycles. The van der Waals surface area contributed by atoms with E-state index in [0.29, 0.717) is 83.4 Å². The number of nitrogens with zero attached hydrogens (tertiary/aromatic N) is 3. The number of allylic oxidation sites excluding steroid dienone is 1. The summed E-state index contributed by atoms with van der Waals surface area (Å²) in [6.45, 7) is 4.32. The van der Waals surface area contributed by atoms with Crippen LogP contribution in [-0.2, 0) is 27.5 Å². The highest BCUT2D eigenvalue weighted by Gasteiger charge is 2.65. The molecule has 5 aromatic rings. The Balaban J connectivity index is 1.22. The van der Waals surface area contributed by atoms with Gasteiger partial charge < -0.3 is 53.1 Å². The van der Waals surface area contributed by atoms with Gasteiger partial charge in [-0.1, -0.05) is 66.5 Å². The van der Waals surface area contributed by atoms with E-state index in [1.165, 1.54) is 32.4 Å². The number of fused-ring (bicyclic) bond motifs is 3. The van der Waals surface area contributed by atoms with Gasteiger partial charge in [0.1, 0.15) is 35.6 Å². The van der Waals surface area contributed by atoms with Gasteiger partial charge in [0.15, 0.2) is 11.5 Å². The maximum atomic E-state index is 15.5. The number of carbonyl (C=O) groups excluding carboxylic acids is 2. The van der Waals surface area contributed by atoms with Crippen molar-refractivity contribution in [2.75, 3.05) is 46.1 Å². The zero-order valence-corrected chi connectivity index (χ0v) is 43.6. The number of carbonyl (C=O) groups is 2. The highest BCUT2D eigenvalue weighted by atomic mass is 16.7. The first-order valence-corrected chi connectivity index (χ1v) is 26.1. The summed E-state index contributed by atoms with van der Waals surface area (Å²) in [4.78, 5) is 48.3. The van der Waals surface area contributed by atoms with Gasteiger partial charge >= 0.3 is 6.09 Å². The minimum absolute atomic E-state index is 0.00278. The fourth-order valence-corrected chi connectivity index (χ4v) is 11.2. The fraction of sp³-hybridized carbons (Fsp3) is 0.350. The van der Waals surface area contributed by atoms with E-state index in [1.807, 2.05) is 48.5 Å². The molecule has 0 spiro atoms. The van der Waals surface area contributed by atoms with Crippen molar-refractivity contribution in [2.45, 2.75) is 75.8 Å². The van der Waals surface area contributed by atoms with Crippen LogP contribution in [-0.4, -0.2) is 90.4 Å². The van der Waals surface area contributed by atoms with Crippen molar-refractivity contribution in [3.8, 4) is 34.5 Å². The number of hydrogen-bond donors (Lipinski definition) is 3. The number of amides is 2. The number of methoxy groups -OCH3 is 2. The van der Waals surface area contributed by atoms with E-state index in [4.69, 9.17) is 43.2 Å². The van der Waals surface area contributed by atoms with Crippen molar-refractivity contribution >= 4 is 35.2 Å². The first kappa shape index (κ1) is 54.6. The van der Waals surface area contributed by atoms with E-state index in [0.717, 1.165) is 23.1 Å². The molecule has 78 heavy (non-hydrogen) atoms. The summed E-state index contributed by atoms with van der Waals surface area (Å²) in [6, 6.07) is 30.4. The van der Waals surface area contributed by atoms with Crippen LogP contribution in [0.15, 0.2) is 145 Å². The van der Waals surface area contributed by atoms with Crippen LogP contribution in [0, 0.1) is 27.9 Å². The summed E-state index contributed by atoms with van der Waals surface area (Å²) in [5, 5.41) is 39.5. The summed E-state index contributed by atoms with van der Waals surface area (Å²) in [7, 11) is 3.02. The molecular weight excluding hydrogens is 1000 g/mol. The molecule has 408 valence electrons. The Kier molecular flexibility index (Phi) is 17.7. The quantitative estimate of drug-likeness (QED) is 0.0172. The van der Waals surface area contributed by atoms with Crippen molar-refractivity contribution in [3.05, 3.63) is 172 Å². The van der Waals surface area contributed by atoms with E-state index in [1.54, 1.807) is 65.6 Å². The minimum Gasteiger partial charge on any atom is -0.497 e. The van der Waals surface area contributed by atoms with Crippen LogP contribution in [0.5, 0.6) is 34.5 Å². The number of nitrogens with one attached hydrogen (secondary N) is 1. The molecular formula is C60H64N4O14. The molecule has 2 amide bonds. The zero-order valence-electron chi connectivity index (χ0n) is 43.6. The molecule has 3 N–H and O–H groups in total. The molecule has 5 aromatic carbocycles. The molecule has 0 bridgehead atoms. The molecule has 2 aliphatic heterocycles. The van der Waals surface area contributed by atoms with Gasteiger partial charge in [0, 0.05) is 61.9 Å². The smallest absolute Gasteiger partial charge is 0.417 e. The third-order valence-corrected chi connectivity index (χ3v) is 14.7. The summed E-state index contributed by atoms with van der Waals surface area (Å²) < 4.78 is 43.1. The molecule has 1 saturated carbocycles. The number of ether oxygens (including phenoxy) is 7. The zero-order chi connectivity index (χ0) is 54.6. The number of nitro groups is 1. The topological polar surface area (TPSA) is 219 Å². The van der Waals surface area contributed by atoms with Gasteiger partial charge in [0.25, 0.3) is 5.69 Å². The lowest BCUT2D eigenvalue weighted by Crippen LogP contribution is -2.70. The SMILES string of the molecule is C=CCOC12Oc3ccc(OC(=O)Nc4ccc(OC)cc4OC)cc3C3C(CCCCO)C(CCCCO)C=C(C(=NOCc4ccccc4)CC1N(Cc1ccc4c(c1)OCO4)C(=O)C=Cc1ccc([N+](=O)[O-])cc1)C32. The Bertz CT molecular complexity index is 3040. The summed E-state index contributed by atoms with van der Waals surface area (Å²) in [6.07, 6.45) is 10.2. The molecule has 4 aliphatic rings. The predicted octanol–water partition coefficient (Wildman–Crippen LogP) is 10.5. The van der Waals surface area contributed by atoms with E-state index < -0.39 is 40.6 Å². The first-order valence-electron chi connectivity index (χ1n) is 26.1. The van der Waals surface area contributed by atoms with Crippen LogP contribution in [0.4, 0.5) is 16.2 Å². The summed E-state index contributed by atoms with van der Waals surface area (Å²) >= 11 is 0. The molecule has 1 fully saturated rings. The Hall–Kier alpha value is -8.19. The Morgan fingerprint density at radius 1 is 0.872 bits per heavy atom.